The quantitative estimate of drug-likeness (QED) is 0.397. The fraction of sp³-hybridized carbons (Fsp3) is 0.226. The van der Waals surface area contributed by atoms with Crippen molar-refractivity contribution in [2.24, 2.45) is 0 Å². The first kappa shape index (κ1) is 32.4. The van der Waals surface area contributed by atoms with Crippen molar-refractivity contribution >= 4 is 81.3 Å². The summed E-state index contributed by atoms with van der Waals surface area (Å²) in [7, 11) is 0. The van der Waals surface area contributed by atoms with Gasteiger partial charge in [0.2, 0.25) is 5.91 Å². The maximum Gasteiger partial charge on any atom is 0.419 e. The van der Waals surface area contributed by atoms with Crippen LogP contribution >= 0.6 is 23.5 Å². The molecule has 6 amide bonds. The number of imide groups is 2. The van der Waals surface area contributed by atoms with E-state index in [1.165, 1.54) is 24.3 Å². The molecule has 15 heteroatoms. The van der Waals surface area contributed by atoms with Gasteiger partial charge in [0, 0.05) is 6.92 Å². The van der Waals surface area contributed by atoms with E-state index in [4.69, 9.17) is 14.2 Å². The Bertz CT molecular complexity index is 1760. The molecule has 2 N–H and O–H groups in total. The van der Waals surface area contributed by atoms with Gasteiger partial charge in [0.15, 0.2) is 5.75 Å². The second-order valence-corrected chi connectivity index (χ2v) is 13.0. The number of ether oxygens (including phenoxy) is 3. The van der Waals surface area contributed by atoms with Gasteiger partial charge in [0.25, 0.3) is 22.3 Å². The van der Waals surface area contributed by atoms with Crippen molar-refractivity contribution in [1.82, 2.24) is 10.6 Å². The van der Waals surface area contributed by atoms with Crippen LogP contribution in [0.3, 0.4) is 0 Å². The summed E-state index contributed by atoms with van der Waals surface area (Å²) in [5.41, 5.74) is 1.91. The molecule has 0 atom stereocenters. The van der Waals surface area contributed by atoms with E-state index in [9.17, 15) is 28.8 Å². The topological polar surface area (TPSA) is 161 Å². The standard InChI is InChI=1S/C17H16N2O5S.C14H12N2O4S/c1-17(2,3)24-16(22)19-6-7-23-12-5-4-10(8-11(12)19)9-13-14(20)18-15(21)25-13;1-8(17)16-4-5-20-11-3-2-9(6-10(11)16)7-12-13(18)15-14(19)21-12/h4-9H,1-3H3,(H,18,20,21);2-3,6-7H,4-5H2,1H3,(H,15,18,19). The molecule has 2 fully saturated rings. The molecule has 0 radical (unpaired) electrons. The van der Waals surface area contributed by atoms with E-state index in [1.807, 2.05) is 0 Å². The summed E-state index contributed by atoms with van der Waals surface area (Å²) in [4.78, 5) is 73.3. The van der Waals surface area contributed by atoms with Gasteiger partial charge in [-0.15, -0.1) is 0 Å². The fourth-order valence-corrected chi connectivity index (χ4v) is 5.79. The van der Waals surface area contributed by atoms with Gasteiger partial charge in [-0.3, -0.25) is 34.6 Å². The van der Waals surface area contributed by atoms with Gasteiger partial charge < -0.3 is 19.1 Å². The molecule has 0 aliphatic carbocycles. The Kier molecular flexibility index (Phi) is 9.25. The number of rotatable bonds is 2. The Balaban J connectivity index is 0.000000184. The number of hydrogen-bond acceptors (Lipinski definition) is 11. The van der Waals surface area contributed by atoms with E-state index >= 15 is 0 Å². The van der Waals surface area contributed by atoms with Crippen molar-refractivity contribution in [1.29, 1.82) is 0 Å². The van der Waals surface area contributed by atoms with Crippen LogP contribution in [0.2, 0.25) is 0 Å². The normalized spacial score (nSPS) is 18.6. The summed E-state index contributed by atoms with van der Waals surface area (Å²) in [5.74, 6) is 0.219. The third kappa shape index (κ3) is 7.61. The number of nitrogens with zero attached hydrogens (tertiary/aromatic N) is 2. The van der Waals surface area contributed by atoms with Crippen LogP contribution in [0.4, 0.5) is 25.8 Å². The Morgan fingerprint density at radius 1 is 0.870 bits per heavy atom. The lowest BCUT2D eigenvalue weighted by atomic mass is 10.1. The lowest BCUT2D eigenvalue weighted by molar-refractivity contribution is -0.117. The number of thioether (sulfide) groups is 2. The molecule has 0 spiro atoms. The summed E-state index contributed by atoms with van der Waals surface area (Å²) >= 11 is 1.69. The van der Waals surface area contributed by atoms with E-state index in [0.717, 1.165) is 29.1 Å². The number of carbonyl (C=O) groups excluding carboxylic acids is 6. The number of amides is 6. The van der Waals surface area contributed by atoms with Crippen LogP contribution in [-0.4, -0.2) is 53.0 Å². The predicted molar refractivity (Wildman–Crippen MR) is 173 cm³/mol. The highest BCUT2D eigenvalue weighted by Crippen LogP contribution is 2.36. The van der Waals surface area contributed by atoms with E-state index in [-0.39, 0.29) is 11.1 Å². The number of nitrogens with one attached hydrogen (secondary N) is 2. The molecule has 46 heavy (non-hydrogen) atoms. The molecule has 6 rings (SSSR count). The number of carbonyl (C=O) groups is 6. The summed E-state index contributed by atoms with van der Waals surface area (Å²) in [6, 6.07) is 10.4. The molecule has 238 valence electrons. The van der Waals surface area contributed by atoms with Gasteiger partial charge in [-0.25, -0.2) is 9.69 Å². The van der Waals surface area contributed by atoms with Crippen LogP contribution in [0.15, 0.2) is 58.7 Å². The van der Waals surface area contributed by atoms with Crippen LogP contribution in [0.1, 0.15) is 38.8 Å². The highest BCUT2D eigenvalue weighted by molar-refractivity contribution is 8.18. The fourth-order valence-electron chi connectivity index (χ4n) is 4.42. The smallest absolute Gasteiger partial charge is 0.419 e. The van der Waals surface area contributed by atoms with Crippen molar-refractivity contribution in [2.45, 2.75) is 33.3 Å². The first-order valence-corrected chi connectivity index (χ1v) is 15.4. The van der Waals surface area contributed by atoms with Gasteiger partial charge in [0.1, 0.15) is 24.2 Å². The molecular formula is C31H28N4O9S2. The molecule has 4 heterocycles. The molecule has 0 aromatic heterocycles. The third-order valence-corrected chi connectivity index (χ3v) is 7.96. The molecule has 4 aliphatic heterocycles. The van der Waals surface area contributed by atoms with Crippen LogP contribution < -0.4 is 29.9 Å². The third-order valence-electron chi connectivity index (χ3n) is 6.34. The highest BCUT2D eigenvalue weighted by Gasteiger charge is 2.29. The minimum absolute atomic E-state index is 0.0625. The molecule has 2 aromatic rings. The molecule has 2 saturated heterocycles. The van der Waals surface area contributed by atoms with Gasteiger partial charge in [-0.05, 0) is 91.8 Å². The zero-order chi connectivity index (χ0) is 33.2. The van der Waals surface area contributed by atoms with Crippen LogP contribution in [-0.2, 0) is 19.1 Å². The number of hydrogen-bond donors (Lipinski definition) is 2. The zero-order valence-corrected chi connectivity index (χ0v) is 26.7. The second kappa shape index (κ2) is 13.1. The number of anilines is 2. The number of fused-ring (bicyclic) bond motifs is 2. The first-order valence-electron chi connectivity index (χ1n) is 13.8. The lowest BCUT2D eigenvalue weighted by Crippen LogP contribution is -2.36. The molecule has 13 nitrogen and oxygen atoms in total. The largest absolute Gasteiger partial charge is 0.490 e. The van der Waals surface area contributed by atoms with Crippen molar-refractivity contribution in [3.05, 3.63) is 69.8 Å². The minimum atomic E-state index is -0.637. The molecule has 0 bridgehead atoms. The molecule has 0 saturated carbocycles. The van der Waals surface area contributed by atoms with Gasteiger partial charge in [0.05, 0.1) is 33.9 Å². The Morgan fingerprint density at radius 2 is 1.43 bits per heavy atom. The maximum absolute atomic E-state index is 12.4. The average molecular weight is 665 g/mol. The zero-order valence-electron chi connectivity index (χ0n) is 25.1. The monoisotopic (exact) mass is 664 g/mol. The van der Waals surface area contributed by atoms with E-state index in [2.05, 4.69) is 10.6 Å². The van der Waals surface area contributed by atoms with Crippen LogP contribution in [0.5, 0.6) is 11.5 Å². The predicted octanol–water partition coefficient (Wildman–Crippen LogP) is 5.37. The Labute approximate surface area is 272 Å². The van der Waals surface area contributed by atoms with E-state index in [0.29, 0.717) is 51.4 Å². The second-order valence-electron chi connectivity index (χ2n) is 10.9. The van der Waals surface area contributed by atoms with Gasteiger partial charge in [-0.1, -0.05) is 12.1 Å². The lowest BCUT2D eigenvalue weighted by Gasteiger charge is -2.28. The Hall–Kier alpha value is -5.02. The molecule has 2 aromatic carbocycles. The van der Waals surface area contributed by atoms with Crippen molar-refractivity contribution in [2.75, 3.05) is 23.0 Å². The summed E-state index contributed by atoms with van der Waals surface area (Å²) in [5, 5.41) is 3.62. The summed E-state index contributed by atoms with van der Waals surface area (Å²) in [6.45, 7) is 7.80. The summed E-state index contributed by atoms with van der Waals surface area (Å²) < 4.78 is 16.3. The highest BCUT2D eigenvalue weighted by atomic mass is 32.2. The van der Waals surface area contributed by atoms with E-state index in [1.54, 1.807) is 74.2 Å². The minimum Gasteiger partial charge on any atom is -0.490 e. The molecule has 0 unspecified atom stereocenters. The SMILES string of the molecule is CC(=O)N1CCOc2ccc(C=C3SC(=O)NC3=O)cc21.CC(C)(C)OC(=O)N1C=COc2ccc(C=C3SC(=O)NC3=O)cc21. The first-order chi connectivity index (χ1) is 21.8. The average Bonchev–Trinajstić information content (AvgIpc) is 3.48. The van der Waals surface area contributed by atoms with Crippen LogP contribution in [0, 0.1) is 0 Å². The van der Waals surface area contributed by atoms with Crippen molar-refractivity contribution < 1.29 is 43.0 Å². The maximum atomic E-state index is 12.4. The Morgan fingerprint density at radius 3 is 1.96 bits per heavy atom. The van der Waals surface area contributed by atoms with Gasteiger partial charge >= 0.3 is 6.09 Å². The summed E-state index contributed by atoms with van der Waals surface area (Å²) in [6.07, 6.45) is 5.52. The molecular weight excluding hydrogens is 636 g/mol. The number of benzene rings is 2. The van der Waals surface area contributed by atoms with E-state index < -0.39 is 28.7 Å². The van der Waals surface area contributed by atoms with Crippen LogP contribution in [0.25, 0.3) is 12.2 Å². The van der Waals surface area contributed by atoms with Gasteiger partial charge in [-0.2, -0.15) is 0 Å². The molecule has 4 aliphatic rings. The van der Waals surface area contributed by atoms with Crippen molar-refractivity contribution in [3.8, 4) is 11.5 Å². The van der Waals surface area contributed by atoms with Crippen molar-refractivity contribution in [3.63, 3.8) is 0 Å².